The molecule has 0 saturated heterocycles. The number of rotatable bonds is 6. The second-order valence-corrected chi connectivity index (χ2v) is 4.57. The predicted molar refractivity (Wildman–Crippen MR) is 67.4 cm³/mol. The summed E-state index contributed by atoms with van der Waals surface area (Å²) in [6.07, 6.45) is 0. The van der Waals surface area contributed by atoms with Gasteiger partial charge in [0, 0.05) is 13.2 Å². The van der Waals surface area contributed by atoms with Crippen LogP contribution in [0.2, 0.25) is 0 Å². The second kappa shape index (κ2) is 6.47. The molecule has 1 unspecified atom stereocenters. The molecular weight excluding hydrogens is 256 g/mol. The molecule has 4 nitrogen and oxygen atoms in total. The normalized spacial score (nSPS) is 12.5. The molecule has 0 aromatic heterocycles. The first-order valence-electron chi connectivity index (χ1n) is 5.84. The Hall–Kier alpha value is -1.69. The summed E-state index contributed by atoms with van der Waals surface area (Å²) in [4.78, 5) is 10.8. The van der Waals surface area contributed by atoms with Crippen LogP contribution in [0.5, 0.6) is 0 Å². The van der Waals surface area contributed by atoms with Gasteiger partial charge < -0.3 is 15.2 Å². The molecule has 0 amide bonds. The van der Waals surface area contributed by atoms with Crippen molar-refractivity contribution in [3.63, 3.8) is 0 Å². The summed E-state index contributed by atoms with van der Waals surface area (Å²) in [5, 5.41) is 11.7. The Morgan fingerprint density at radius 1 is 1.37 bits per heavy atom. The van der Waals surface area contributed by atoms with Gasteiger partial charge in [-0.15, -0.1) is 0 Å². The molecule has 1 rings (SSSR count). The molecule has 0 aliphatic heterocycles. The maximum absolute atomic E-state index is 13.6. The summed E-state index contributed by atoms with van der Waals surface area (Å²) in [7, 11) is 1.51. The van der Waals surface area contributed by atoms with Crippen LogP contribution in [0.25, 0.3) is 0 Å². The first-order chi connectivity index (χ1) is 8.86. The number of carboxylic acids is 1. The molecule has 0 heterocycles. The van der Waals surface area contributed by atoms with Crippen molar-refractivity contribution in [3.8, 4) is 0 Å². The maximum atomic E-state index is 13.6. The number of ether oxygens (including phenoxy) is 1. The number of halogens is 2. The molecule has 0 spiro atoms. The van der Waals surface area contributed by atoms with Crippen molar-refractivity contribution in [1.82, 2.24) is 0 Å². The Kier molecular flexibility index (Phi) is 5.23. The third kappa shape index (κ3) is 3.89. The minimum Gasteiger partial charge on any atom is -0.478 e. The fourth-order valence-corrected chi connectivity index (χ4v) is 1.60. The molecule has 0 aliphatic rings. The number of hydrogen-bond acceptors (Lipinski definition) is 3. The van der Waals surface area contributed by atoms with E-state index in [2.05, 4.69) is 5.32 Å². The van der Waals surface area contributed by atoms with E-state index in [4.69, 9.17) is 9.84 Å². The quantitative estimate of drug-likeness (QED) is 0.836. The van der Waals surface area contributed by atoms with Gasteiger partial charge in [-0.1, -0.05) is 13.8 Å². The van der Waals surface area contributed by atoms with E-state index in [-0.39, 0.29) is 17.6 Å². The number of nitrogens with one attached hydrogen (secondary N) is 1. The van der Waals surface area contributed by atoms with E-state index in [1.54, 1.807) is 0 Å². The Morgan fingerprint density at radius 3 is 2.47 bits per heavy atom. The number of hydrogen-bond donors (Lipinski definition) is 2. The maximum Gasteiger partial charge on any atom is 0.338 e. The van der Waals surface area contributed by atoms with Gasteiger partial charge in [0.15, 0.2) is 0 Å². The third-order valence-electron chi connectivity index (χ3n) is 2.78. The Labute approximate surface area is 110 Å². The summed E-state index contributed by atoms with van der Waals surface area (Å²) >= 11 is 0. The van der Waals surface area contributed by atoms with Gasteiger partial charge in [0.25, 0.3) is 0 Å². The fourth-order valence-electron chi connectivity index (χ4n) is 1.60. The molecular formula is C13H17F2NO3. The average molecular weight is 273 g/mol. The van der Waals surface area contributed by atoms with Gasteiger partial charge in [0.2, 0.25) is 0 Å². The number of aromatic carboxylic acids is 1. The third-order valence-corrected chi connectivity index (χ3v) is 2.78. The highest BCUT2D eigenvalue weighted by atomic mass is 19.1. The van der Waals surface area contributed by atoms with Gasteiger partial charge in [-0.2, -0.15) is 0 Å². The Balaban J connectivity index is 3.05. The van der Waals surface area contributed by atoms with Crippen molar-refractivity contribution < 1.29 is 23.4 Å². The molecule has 0 aliphatic carbocycles. The van der Waals surface area contributed by atoms with E-state index in [9.17, 15) is 13.6 Å². The van der Waals surface area contributed by atoms with Crippen LogP contribution in [0.15, 0.2) is 12.1 Å². The van der Waals surface area contributed by atoms with Crippen LogP contribution in [-0.4, -0.2) is 30.8 Å². The van der Waals surface area contributed by atoms with Gasteiger partial charge in [0.05, 0.1) is 23.9 Å². The lowest BCUT2D eigenvalue weighted by atomic mass is 10.0. The summed E-state index contributed by atoms with van der Waals surface area (Å²) in [5.74, 6) is -3.22. The molecule has 19 heavy (non-hydrogen) atoms. The molecule has 2 N–H and O–H groups in total. The van der Waals surface area contributed by atoms with Crippen LogP contribution in [0, 0.1) is 17.6 Å². The van der Waals surface area contributed by atoms with Crippen molar-refractivity contribution in [2.75, 3.05) is 19.0 Å². The van der Waals surface area contributed by atoms with Crippen molar-refractivity contribution in [2.45, 2.75) is 19.9 Å². The Bertz CT molecular complexity index is 463. The lowest BCUT2D eigenvalue weighted by Crippen LogP contribution is -2.31. The van der Waals surface area contributed by atoms with Gasteiger partial charge in [-0.05, 0) is 12.0 Å². The number of methoxy groups -OCH3 is 1. The summed E-state index contributed by atoms with van der Waals surface area (Å²) in [6, 6.07) is 1.32. The van der Waals surface area contributed by atoms with Crippen LogP contribution in [0.3, 0.4) is 0 Å². The molecule has 106 valence electrons. The van der Waals surface area contributed by atoms with Gasteiger partial charge in [0.1, 0.15) is 11.6 Å². The van der Waals surface area contributed by atoms with Gasteiger partial charge in [-0.25, -0.2) is 13.6 Å². The number of carbonyl (C=O) groups is 1. The molecule has 0 bridgehead atoms. The van der Waals surface area contributed by atoms with Crippen LogP contribution >= 0.6 is 0 Å². The SMILES string of the molecule is COCC(Nc1cc(C(=O)O)c(F)cc1F)C(C)C. The van der Waals surface area contributed by atoms with E-state index < -0.39 is 23.2 Å². The molecule has 6 heteroatoms. The first-order valence-corrected chi connectivity index (χ1v) is 5.84. The molecule has 0 fully saturated rings. The molecule has 1 atom stereocenters. The van der Waals surface area contributed by atoms with E-state index in [1.807, 2.05) is 13.8 Å². The minimum absolute atomic E-state index is 0.0467. The zero-order chi connectivity index (χ0) is 14.6. The van der Waals surface area contributed by atoms with Crippen LogP contribution in [0.1, 0.15) is 24.2 Å². The largest absolute Gasteiger partial charge is 0.478 e. The van der Waals surface area contributed by atoms with Gasteiger partial charge >= 0.3 is 5.97 Å². The van der Waals surface area contributed by atoms with Crippen molar-refractivity contribution >= 4 is 11.7 Å². The van der Waals surface area contributed by atoms with Crippen molar-refractivity contribution in [2.24, 2.45) is 5.92 Å². The van der Waals surface area contributed by atoms with Crippen molar-refractivity contribution in [1.29, 1.82) is 0 Å². The predicted octanol–water partition coefficient (Wildman–Crippen LogP) is 2.75. The van der Waals surface area contributed by atoms with Gasteiger partial charge in [-0.3, -0.25) is 0 Å². The molecule has 1 aromatic carbocycles. The Morgan fingerprint density at radius 2 is 2.00 bits per heavy atom. The zero-order valence-corrected chi connectivity index (χ0v) is 11.0. The van der Waals surface area contributed by atoms with Crippen LogP contribution < -0.4 is 5.32 Å². The fraction of sp³-hybridized carbons (Fsp3) is 0.462. The van der Waals surface area contributed by atoms with Crippen LogP contribution in [-0.2, 0) is 4.74 Å². The zero-order valence-electron chi connectivity index (χ0n) is 11.0. The number of anilines is 1. The lowest BCUT2D eigenvalue weighted by molar-refractivity contribution is 0.0692. The second-order valence-electron chi connectivity index (χ2n) is 4.57. The van der Waals surface area contributed by atoms with Crippen molar-refractivity contribution in [3.05, 3.63) is 29.3 Å². The number of benzene rings is 1. The first kappa shape index (κ1) is 15.4. The molecule has 0 radical (unpaired) electrons. The van der Waals surface area contributed by atoms with E-state index >= 15 is 0 Å². The molecule has 0 saturated carbocycles. The summed E-state index contributed by atoms with van der Waals surface area (Å²) < 4.78 is 31.9. The van der Waals surface area contributed by atoms with E-state index in [0.717, 1.165) is 6.07 Å². The smallest absolute Gasteiger partial charge is 0.338 e. The monoisotopic (exact) mass is 273 g/mol. The highest BCUT2D eigenvalue weighted by molar-refractivity contribution is 5.89. The topological polar surface area (TPSA) is 58.6 Å². The van der Waals surface area contributed by atoms with E-state index in [0.29, 0.717) is 12.7 Å². The lowest BCUT2D eigenvalue weighted by Gasteiger charge is -2.23. The average Bonchev–Trinajstić information content (AvgIpc) is 2.30. The highest BCUT2D eigenvalue weighted by Crippen LogP contribution is 2.22. The number of carboxylic acid groups (broad SMARTS) is 1. The standard InChI is InChI=1S/C13H17F2NO3/c1-7(2)12(6-19-3)16-11-4-8(13(17)18)9(14)5-10(11)15/h4-5,7,12,16H,6H2,1-3H3,(H,17,18). The minimum atomic E-state index is -1.44. The van der Waals surface area contributed by atoms with Crippen LogP contribution in [0.4, 0.5) is 14.5 Å². The molecule has 1 aromatic rings. The van der Waals surface area contributed by atoms with E-state index in [1.165, 1.54) is 7.11 Å². The summed E-state index contributed by atoms with van der Waals surface area (Å²) in [5.41, 5.74) is -0.613. The summed E-state index contributed by atoms with van der Waals surface area (Å²) in [6.45, 7) is 4.16. The highest BCUT2D eigenvalue weighted by Gasteiger charge is 2.19.